The molecule has 3 aromatic heterocycles. The molecule has 8 heteroatoms. The number of aromatic nitrogens is 5. The molecule has 1 aromatic carbocycles. The Morgan fingerprint density at radius 1 is 1.28 bits per heavy atom. The minimum Gasteiger partial charge on any atom is -0.481 e. The van der Waals surface area contributed by atoms with Gasteiger partial charge >= 0.3 is 5.97 Å². The van der Waals surface area contributed by atoms with Gasteiger partial charge in [-0.15, -0.1) is 0 Å². The number of nitrogens with zero attached hydrogens (tertiary/aromatic N) is 4. The van der Waals surface area contributed by atoms with Crippen molar-refractivity contribution in [2.24, 2.45) is 11.8 Å². The number of hydrogen-bond donors (Lipinski definition) is 3. The van der Waals surface area contributed by atoms with Crippen LogP contribution in [0, 0.1) is 11.8 Å². The Labute approximate surface area is 185 Å². The number of benzene rings is 1. The third-order valence-corrected chi connectivity index (χ3v) is 6.55. The van der Waals surface area contributed by atoms with E-state index < -0.39 is 5.97 Å². The Balaban J connectivity index is 1.60. The number of hydrogen-bond acceptors (Lipinski definition) is 5. The van der Waals surface area contributed by atoms with Crippen molar-refractivity contribution in [2.45, 2.75) is 51.9 Å². The second-order valence-electron chi connectivity index (χ2n) is 9.27. The van der Waals surface area contributed by atoms with Crippen molar-refractivity contribution in [3.05, 3.63) is 42.0 Å². The summed E-state index contributed by atoms with van der Waals surface area (Å²) in [5.74, 6) is 0.922. The lowest BCUT2D eigenvalue weighted by molar-refractivity contribution is -0.142. The van der Waals surface area contributed by atoms with Crippen molar-refractivity contribution in [3.8, 4) is 11.4 Å². The maximum absolute atomic E-state index is 11.4. The lowest BCUT2D eigenvalue weighted by atomic mass is 9.82. The second-order valence-corrected chi connectivity index (χ2v) is 9.27. The standard InChI is InChI=1S/C24H28N6O2/c1-13(2)10-16-4-3-5-17-11-18(28-19(16)17)20-21-22(25)26-12-27-30(21)23(29-20)14-6-8-15(9-7-14)24(31)32/h3-5,11-15,28H,6-10H2,1-2H3,(H,31,32)(H2,25,26,27). The average molecular weight is 433 g/mol. The molecular formula is C24H28N6O2. The number of para-hydroxylation sites is 1. The maximum atomic E-state index is 11.4. The minimum absolute atomic E-state index is 0.141. The first-order chi connectivity index (χ1) is 15.4. The van der Waals surface area contributed by atoms with Gasteiger partial charge in [0, 0.05) is 16.8 Å². The van der Waals surface area contributed by atoms with Gasteiger partial charge in [0.05, 0.1) is 11.6 Å². The molecule has 3 heterocycles. The van der Waals surface area contributed by atoms with Crippen LogP contribution in [0.5, 0.6) is 0 Å². The number of carbonyl (C=O) groups is 1. The highest BCUT2D eigenvalue weighted by Gasteiger charge is 2.31. The molecule has 4 aromatic rings. The van der Waals surface area contributed by atoms with E-state index in [2.05, 4.69) is 53.2 Å². The van der Waals surface area contributed by atoms with E-state index in [1.54, 1.807) is 4.52 Å². The number of anilines is 1. The third kappa shape index (κ3) is 3.49. The molecule has 1 aliphatic carbocycles. The van der Waals surface area contributed by atoms with Crippen molar-refractivity contribution in [3.63, 3.8) is 0 Å². The number of aromatic amines is 1. The number of nitrogens with two attached hydrogens (primary N) is 1. The van der Waals surface area contributed by atoms with Gasteiger partial charge in [0.2, 0.25) is 0 Å². The Hall–Kier alpha value is -3.42. The van der Waals surface area contributed by atoms with Gasteiger partial charge in [-0.1, -0.05) is 32.0 Å². The van der Waals surface area contributed by atoms with E-state index in [4.69, 9.17) is 10.7 Å². The van der Waals surface area contributed by atoms with E-state index >= 15 is 0 Å². The van der Waals surface area contributed by atoms with Crippen LogP contribution >= 0.6 is 0 Å². The van der Waals surface area contributed by atoms with Gasteiger partial charge in [-0.05, 0) is 49.7 Å². The van der Waals surface area contributed by atoms with Gasteiger partial charge in [0.15, 0.2) is 5.82 Å². The second kappa shape index (κ2) is 7.93. The van der Waals surface area contributed by atoms with E-state index in [9.17, 15) is 9.90 Å². The van der Waals surface area contributed by atoms with E-state index in [0.29, 0.717) is 30.1 Å². The smallest absolute Gasteiger partial charge is 0.306 e. The number of carboxylic acid groups (broad SMARTS) is 1. The summed E-state index contributed by atoms with van der Waals surface area (Å²) in [7, 11) is 0. The van der Waals surface area contributed by atoms with Gasteiger partial charge in [-0.25, -0.2) is 14.5 Å². The molecule has 166 valence electrons. The van der Waals surface area contributed by atoms with Gasteiger partial charge in [-0.3, -0.25) is 4.79 Å². The summed E-state index contributed by atoms with van der Waals surface area (Å²) in [4.78, 5) is 24.2. The Kier molecular flexibility index (Phi) is 5.07. The van der Waals surface area contributed by atoms with Crippen LogP contribution in [0.15, 0.2) is 30.6 Å². The highest BCUT2D eigenvalue weighted by atomic mass is 16.4. The van der Waals surface area contributed by atoms with Crippen LogP contribution in [0.2, 0.25) is 0 Å². The van der Waals surface area contributed by atoms with E-state index in [-0.39, 0.29) is 11.8 Å². The fourth-order valence-electron chi connectivity index (χ4n) is 4.98. The molecule has 0 unspecified atom stereocenters. The highest BCUT2D eigenvalue weighted by Crippen LogP contribution is 2.38. The SMILES string of the molecule is CC(C)Cc1cccc2cc(-c3nc(C4CCC(C(=O)O)CC4)n4ncnc(N)c34)[nH]c12. The summed E-state index contributed by atoms with van der Waals surface area (Å²) < 4.78 is 1.80. The molecule has 0 aliphatic heterocycles. The number of carboxylic acids is 1. The van der Waals surface area contributed by atoms with E-state index in [1.807, 2.05) is 0 Å². The van der Waals surface area contributed by atoms with Crippen molar-refractivity contribution in [1.29, 1.82) is 0 Å². The van der Waals surface area contributed by atoms with Gasteiger partial charge in [0.1, 0.15) is 23.4 Å². The fraction of sp³-hybridized carbons (Fsp3) is 0.417. The van der Waals surface area contributed by atoms with Crippen LogP contribution in [-0.2, 0) is 11.2 Å². The van der Waals surface area contributed by atoms with Crippen LogP contribution < -0.4 is 5.73 Å². The van der Waals surface area contributed by atoms with Crippen LogP contribution in [-0.4, -0.2) is 35.6 Å². The number of imidazole rings is 1. The maximum Gasteiger partial charge on any atom is 0.306 e. The summed E-state index contributed by atoms with van der Waals surface area (Å²) in [5, 5.41) is 14.9. The monoisotopic (exact) mass is 432 g/mol. The first-order valence-electron chi connectivity index (χ1n) is 11.2. The number of nitrogens with one attached hydrogen (secondary N) is 1. The molecule has 8 nitrogen and oxygen atoms in total. The lowest BCUT2D eigenvalue weighted by Gasteiger charge is -2.24. The number of rotatable bonds is 5. The van der Waals surface area contributed by atoms with Gasteiger partial charge in [-0.2, -0.15) is 5.10 Å². The molecule has 0 radical (unpaired) electrons. The molecule has 1 fully saturated rings. The Morgan fingerprint density at radius 3 is 2.78 bits per heavy atom. The average Bonchev–Trinajstić information content (AvgIpc) is 3.36. The summed E-state index contributed by atoms with van der Waals surface area (Å²) in [6.07, 6.45) is 5.28. The molecule has 1 aliphatic rings. The zero-order valence-electron chi connectivity index (χ0n) is 18.4. The zero-order chi connectivity index (χ0) is 22.4. The van der Waals surface area contributed by atoms with E-state index in [0.717, 1.165) is 47.4 Å². The lowest BCUT2D eigenvalue weighted by Crippen LogP contribution is -2.21. The first kappa shape index (κ1) is 20.5. The van der Waals surface area contributed by atoms with Crippen molar-refractivity contribution in [1.82, 2.24) is 24.6 Å². The topological polar surface area (TPSA) is 122 Å². The minimum atomic E-state index is -0.709. The number of fused-ring (bicyclic) bond motifs is 2. The molecule has 5 rings (SSSR count). The summed E-state index contributed by atoms with van der Waals surface area (Å²) >= 11 is 0. The summed E-state index contributed by atoms with van der Waals surface area (Å²) in [6.45, 7) is 4.43. The fourth-order valence-corrected chi connectivity index (χ4v) is 4.98. The normalized spacial score (nSPS) is 19.2. The molecule has 0 amide bonds. The molecule has 0 atom stereocenters. The number of H-pyrrole nitrogens is 1. The molecule has 0 bridgehead atoms. The number of aliphatic carboxylic acids is 1. The quantitative estimate of drug-likeness (QED) is 0.429. The number of nitrogen functional groups attached to an aromatic ring is 1. The van der Waals surface area contributed by atoms with Crippen molar-refractivity contribution < 1.29 is 9.90 Å². The highest BCUT2D eigenvalue weighted by molar-refractivity contribution is 5.92. The molecule has 32 heavy (non-hydrogen) atoms. The largest absolute Gasteiger partial charge is 0.481 e. The molecule has 4 N–H and O–H groups in total. The molecule has 0 spiro atoms. The Bertz CT molecular complexity index is 1300. The van der Waals surface area contributed by atoms with Crippen LogP contribution in [0.25, 0.3) is 27.8 Å². The zero-order valence-corrected chi connectivity index (χ0v) is 18.4. The van der Waals surface area contributed by atoms with Crippen molar-refractivity contribution >= 4 is 28.2 Å². The van der Waals surface area contributed by atoms with Gasteiger partial charge < -0.3 is 15.8 Å². The van der Waals surface area contributed by atoms with E-state index in [1.165, 1.54) is 11.9 Å². The first-order valence-corrected chi connectivity index (χ1v) is 11.2. The van der Waals surface area contributed by atoms with Crippen molar-refractivity contribution in [2.75, 3.05) is 5.73 Å². The molecule has 1 saturated carbocycles. The van der Waals surface area contributed by atoms with Gasteiger partial charge in [0.25, 0.3) is 0 Å². The third-order valence-electron chi connectivity index (χ3n) is 6.55. The van der Waals surface area contributed by atoms with Crippen LogP contribution in [0.4, 0.5) is 5.82 Å². The molecular weight excluding hydrogens is 404 g/mol. The van der Waals surface area contributed by atoms with Crippen LogP contribution in [0.3, 0.4) is 0 Å². The predicted molar refractivity (Wildman–Crippen MR) is 123 cm³/mol. The Morgan fingerprint density at radius 2 is 2.06 bits per heavy atom. The predicted octanol–water partition coefficient (Wildman–Crippen LogP) is 4.41. The molecule has 0 saturated heterocycles. The summed E-state index contributed by atoms with van der Waals surface area (Å²) in [5.41, 5.74) is 11.0. The van der Waals surface area contributed by atoms with Crippen LogP contribution in [0.1, 0.15) is 56.8 Å². The summed E-state index contributed by atoms with van der Waals surface area (Å²) in [6, 6.07) is 8.47.